The molecular weight excluding hydrogens is 431 g/mol. The van der Waals surface area contributed by atoms with Gasteiger partial charge in [0.25, 0.3) is 15.9 Å². The lowest BCUT2D eigenvalue weighted by atomic mass is 10.3. The second-order valence-corrected chi connectivity index (χ2v) is 9.31. The lowest BCUT2D eigenvalue weighted by Crippen LogP contribution is -2.15. The SMILES string of the molecule is Cc1ccnc(NS(=O)(=O)c2ccc(NC(=O)c3cc(Cl)sc3Cl)cc2)n1. The monoisotopic (exact) mass is 442 g/mol. The maximum absolute atomic E-state index is 12.4. The van der Waals surface area contributed by atoms with Crippen molar-refractivity contribution in [3.63, 3.8) is 0 Å². The summed E-state index contributed by atoms with van der Waals surface area (Å²) in [5.41, 5.74) is 1.29. The molecule has 3 aromatic rings. The van der Waals surface area contributed by atoms with Gasteiger partial charge in [0.05, 0.1) is 14.8 Å². The van der Waals surface area contributed by atoms with Crippen molar-refractivity contribution in [1.29, 1.82) is 0 Å². The van der Waals surface area contributed by atoms with Crippen molar-refractivity contribution in [2.24, 2.45) is 0 Å². The van der Waals surface area contributed by atoms with Gasteiger partial charge >= 0.3 is 0 Å². The van der Waals surface area contributed by atoms with Gasteiger partial charge in [0.15, 0.2) is 0 Å². The van der Waals surface area contributed by atoms with Crippen molar-refractivity contribution in [1.82, 2.24) is 9.97 Å². The fraction of sp³-hybridized carbons (Fsp3) is 0.0625. The van der Waals surface area contributed by atoms with Crippen LogP contribution in [0.25, 0.3) is 0 Å². The second-order valence-electron chi connectivity index (χ2n) is 5.34. The summed E-state index contributed by atoms with van der Waals surface area (Å²) in [6.45, 7) is 1.73. The van der Waals surface area contributed by atoms with Crippen molar-refractivity contribution in [3.05, 3.63) is 62.5 Å². The van der Waals surface area contributed by atoms with Gasteiger partial charge in [-0.05, 0) is 43.3 Å². The molecule has 3 rings (SSSR count). The van der Waals surface area contributed by atoms with Crippen LogP contribution in [0.15, 0.2) is 47.5 Å². The molecule has 0 aliphatic rings. The molecule has 0 fully saturated rings. The first kappa shape index (κ1) is 19.6. The first-order chi connectivity index (χ1) is 12.7. The van der Waals surface area contributed by atoms with Crippen LogP contribution in [0.2, 0.25) is 8.67 Å². The third-order valence-electron chi connectivity index (χ3n) is 3.34. The smallest absolute Gasteiger partial charge is 0.264 e. The number of halogens is 2. The fourth-order valence-corrected chi connectivity index (χ4v) is 4.50. The molecule has 0 saturated carbocycles. The summed E-state index contributed by atoms with van der Waals surface area (Å²) in [5, 5.41) is 2.63. The Kier molecular flexibility index (Phi) is 5.66. The van der Waals surface area contributed by atoms with Crippen LogP contribution in [0.3, 0.4) is 0 Å². The standard InChI is InChI=1S/C16H12Cl2N4O3S2/c1-9-6-7-19-16(20-9)22-27(24,25)11-4-2-10(3-5-11)21-15(23)12-8-13(17)26-14(12)18/h2-8H,1H3,(H,21,23)(H,19,20,22). The Bertz CT molecular complexity index is 1100. The van der Waals surface area contributed by atoms with E-state index in [-0.39, 0.29) is 20.7 Å². The van der Waals surface area contributed by atoms with E-state index < -0.39 is 15.9 Å². The summed E-state index contributed by atoms with van der Waals surface area (Å²) >= 11 is 12.9. The van der Waals surface area contributed by atoms with E-state index >= 15 is 0 Å². The van der Waals surface area contributed by atoms with Crippen LogP contribution in [0.5, 0.6) is 0 Å². The average molecular weight is 443 g/mol. The molecular formula is C16H12Cl2N4O3S2. The molecule has 0 bridgehead atoms. The van der Waals surface area contributed by atoms with Gasteiger partial charge in [-0.2, -0.15) is 0 Å². The number of aryl methyl sites for hydroxylation is 1. The number of benzene rings is 1. The molecule has 140 valence electrons. The van der Waals surface area contributed by atoms with Gasteiger partial charge in [-0.1, -0.05) is 23.2 Å². The highest BCUT2D eigenvalue weighted by molar-refractivity contribution is 7.92. The molecule has 2 N–H and O–H groups in total. The fourth-order valence-electron chi connectivity index (χ4n) is 2.09. The first-order valence-corrected chi connectivity index (χ1v) is 10.5. The number of carbonyl (C=O) groups is 1. The molecule has 11 heteroatoms. The average Bonchev–Trinajstić information content (AvgIpc) is 2.93. The van der Waals surface area contributed by atoms with Gasteiger partial charge < -0.3 is 5.32 Å². The summed E-state index contributed by atoms with van der Waals surface area (Å²) in [5.74, 6) is -0.457. The topological polar surface area (TPSA) is 101 Å². The minimum absolute atomic E-state index is 0.00205. The molecule has 27 heavy (non-hydrogen) atoms. The Morgan fingerprint density at radius 2 is 1.85 bits per heavy atom. The lowest BCUT2D eigenvalue weighted by Gasteiger charge is -2.08. The van der Waals surface area contributed by atoms with E-state index in [1.54, 1.807) is 13.0 Å². The van der Waals surface area contributed by atoms with E-state index in [4.69, 9.17) is 23.2 Å². The van der Waals surface area contributed by atoms with E-state index in [0.717, 1.165) is 11.3 Å². The predicted molar refractivity (Wildman–Crippen MR) is 106 cm³/mol. The van der Waals surface area contributed by atoms with Crippen LogP contribution in [0.1, 0.15) is 16.1 Å². The minimum Gasteiger partial charge on any atom is -0.322 e. The van der Waals surface area contributed by atoms with Crippen molar-refractivity contribution in [2.45, 2.75) is 11.8 Å². The van der Waals surface area contributed by atoms with Gasteiger partial charge in [-0.25, -0.2) is 23.1 Å². The van der Waals surface area contributed by atoms with E-state index in [1.807, 2.05) is 0 Å². The minimum atomic E-state index is -3.86. The summed E-state index contributed by atoms with van der Waals surface area (Å²) in [4.78, 5) is 20.1. The van der Waals surface area contributed by atoms with E-state index in [9.17, 15) is 13.2 Å². The zero-order valence-corrected chi connectivity index (χ0v) is 16.9. The molecule has 7 nitrogen and oxygen atoms in total. The molecule has 0 aliphatic carbocycles. The largest absolute Gasteiger partial charge is 0.322 e. The molecule has 1 amide bonds. The van der Waals surface area contributed by atoms with Crippen LogP contribution >= 0.6 is 34.5 Å². The number of nitrogens with one attached hydrogen (secondary N) is 2. The van der Waals surface area contributed by atoms with Crippen LogP contribution in [0, 0.1) is 6.92 Å². The van der Waals surface area contributed by atoms with Crippen molar-refractivity contribution < 1.29 is 13.2 Å². The molecule has 0 spiro atoms. The normalized spacial score (nSPS) is 11.2. The van der Waals surface area contributed by atoms with Crippen molar-refractivity contribution in [2.75, 3.05) is 10.0 Å². The third-order valence-corrected chi connectivity index (χ3v) is 6.18. The second kappa shape index (κ2) is 7.81. The molecule has 0 unspecified atom stereocenters. The molecule has 0 saturated heterocycles. The number of carbonyl (C=O) groups excluding carboxylic acids is 1. The van der Waals surface area contributed by atoms with Crippen molar-refractivity contribution >= 4 is 62.1 Å². The van der Waals surface area contributed by atoms with Gasteiger partial charge in [-0.3, -0.25) is 4.79 Å². The highest BCUT2D eigenvalue weighted by atomic mass is 35.5. The Balaban J connectivity index is 1.74. The number of hydrogen-bond donors (Lipinski definition) is 2. The van der Waals surface area contributed by atoms with Crippen LogP contribution in [0.4, 0.5) is 11.6 Å². The van der Waals surface area contributed by atoms with E-state index in [0.29, 0.717) is 15.7 Å². The third kappa shape index (κ3) is 4.75. The Morgan fingerprint density at radius 1 is 1.15 bits per heavy atom. The highest BCUT2D eigenvalue weighted by Gasteiger charge is 2.17. The maximum atomic E-state index is 12.4. The Labute approximate surface area is 169 Å². The van der Waals surface area contributed by atoms with Crippen LogP contribution in [-0.4, -0.2) is 24.3 Å². The number of sulfonamides is 1. The maximum Gasteiger partial charge on any atom is 0.264 e. The zero-order chi connectivity index (χ0) is 19.6. The number of thiophene rings is 1. The Morgan fingerprint density at radius 3 is 2.44 bits per heavy atom. The molecule has 2 heterocycles. The van der Waals surface area contributed by atoms with Crippen LogP contribution in [-0.2, 0) is 10.0 Å². The number of amides is 1. The molecule has 0 atom stereocenters. The number of anilines is 2. The number of aromatic nitrogens is 2. The highest BCUT2D eigenvalue weighted by Crippen LogP contribution is 2.31. The van der Waals surface area contributed by atoms with Crippen LogP contribution < -0.4 is 10.0 Å². The molecule has 0 radical (unpaired) electrons. The molecule has 0 aliphatic heterocycles. The van der Waals surface area contributed by atoms with E-state index in [2.05, 4.69) is 20.0 Å². The van der Waals surface area contributed by atoms with E-state index in [1.165, 1.54) is 36.5 Å². The summed E-state index contributed by atoms with van der Waals surface area (Å²) in [7, 11) is -3.86. The Hall–Kier alpha value is -2.20. The van der Waals surface area contributed by atoms with Gasteiger partial charge in [0.1, 0.15) is 4.34 Å². The number of hydrogen-bond acceptors (Lipinski definition) is 6. The van der Waals surface area contributed by atoms with Gasteiger partial charge in [-0.15, -0.1) is 11.3 Å². The molecule has 1 aromatic carbocycles. The number of nitrogens with zero attached hydrogens (tertiary/aromatic N) is 2. The first-order valence-electron chi connectivity index (χ1n) is 7.43. The van der Waals surface area contributed by atoms with Crippen molar-refractivity contribution in [3.8, 4) is 0 Å². The number of rotatable bonds is 5. The quantitative estimate of drug-likeness (QED) is 0.616. The predicted octanol–water partition coefficient (Wildman–Crippen LogP) is 4.21. The summed E-state index contributed by atoms with van der Waals surface area (Å²) in [6.07, 6.45) is 1.46. The summed E-state index contributed by atoms with van der Waals surface area (Å²) < 4.78 is 27.8. The summed E-state index contributed by atoms with van der Waals surface area (Å²) in [6, 6.07) is 8.76. The van der Waals surface area contributed by atoms with Gasteiger partial charge in [0, 0.05) is 17.6 Å². The van der Waals surface area contributed by atoms with Gasteiger partial charge in [0.2, 0.25) is 5.95 Å². The zero-order valence-electron chi connectivity index (χ0n) is 13.7. The molecule has 2 aromatic heterocycles. The lowest BCUT2D eigenvalue weighted by molar-refractivity contribution is 0.102.